The Morgan fingerprint density at radius 1 is 0.810 bits per heavy atom. The van der Waals surface area contributed by atoms with Crippen LogP contribution in [0.25, 0.3) is 16.9 Å². The van der Waals surface area contributed by atoms with Crippen molar-refractivity contribution in [2.24, 2.45) is 0 Å². The van der Waals surface area contributed by atoms with Crippen LogP contribution >= 0.6 is 0 Å². The lowest BCUT2D eigenvalue weighted by Gasteiger charge is -2.09. The largest absolute Gasteiger partial charge is 0.317 e. The van der Waals surface area contributed by atoms with Crippen molar-refractivity contribution in [3.63, 3.8) is 0 Å². The monoisotopic (exact) mass is 297 g/mol. The minimum absolute atomic E-state index is 0.0926. The second-order valence-electron chi connectivity index (χ2n) is 4.79. The molecule has 3 rings (SSSR count). The third-order valence-corrected chi connectivity index (χ3v) is 3.97. The van der Waals surface area contributed by atoms with Gasteiger partial charge in [0.2, 0.25) is 0 Å². The smallest absolute Gasteiger partial charge is 0.144 e. The molecule has 21 heavy (non-hydrogen) atoms. The number of para-hydroxylation sites is 1. The number of nitrogens with zero attached hydrogens (tertiary/aromatic N) is 1. The molecule has 1 heterocycles. The van der Waals surface area contributed by atoms with E-state index in [-0.39, 0.29) is 5.75 Å². The first-order chi connectivity index (χ1) is 10.2. The average molecular weight is 297 g/mol. The van der Waals surface area contributed by atoms with Crippen molar-refractivity contribution >= 4 is 10.7 Å². The molecule has 106 valence electrons. The van der Waals surface area contributed by atoms with Gasteiger partial charge in [0.15, 0.2) is 0 Å². The standard InChI is InChI=1S/C17H15NO2S/c19-21(20)13-14-8-10-15(11-9-14)17-7-4-12-18(17)16-5-2-1-3-6-16/h1-12,21H,13H2. The van der Waals surface area contributed by atoms with Gasteiger partial charge in [0, 0.05) is 11.9 Å². The predicted octanol–water partition coefficient (Wildman–Crippen LogP) is 3.26. The first-order valence-electron chi connectivity index (χ1n) is 6.68. The van der Waals surface area contributed by atoms with Crippen LogP contribution in [0.4, 0.5) is 0 Å². The Balaban J connectivity index is 1.97. The molecule has 0 saturated carbocycles. The Hall–Kier alpha value is -2.33. The Labute approximate surface area is 125 Å². The Morgan fingerprint density at radius 2 is 1.52 bits per heavy atom. The molecule has 0 aliphatic heterocycles. The molecular formula is C17H15NO2S. The minimum Gasteiger partial charge on any atom is -0.317 e. The first kappa shape index (κ1) is 13.6. The summed E-state index contributed by atoms with van der Waals surface area (Å²) in [6.45, 7) is 0. The molecule has 0 atom stereocenters. The van der Waals surface area contributed by atoms with E-state index in [2.05, 4.69) is 22.8 Å². The van der Waals surface area contributed by atoms with Crippen molar-refractivity contribution < 1.29 is 8.42 Å². The van der Waals surface area contributed by atoms with E-state index in [1.807, 2.05) is 54.7 Å². The molecule has 0 aliphatic rings. The molecule has 4 heteroatoms. The van der Waals surface area contributed by atoms with E-state index in [1.165, 1.54) is 0 Å². The summed E-state index contributed by atoms with van der Waals surface area (Å²) in [7, 11) is -2.38. The highest BCUT2D eigenvalue weighted by atomic mass is 32.2. The first-order valence-corrected chi connectivity index (χ1v) is 8.04. The number of hydrogen-bond acceptors (Lipinski definition) is 2. The van der Waals surface area contributed by atoms with Crippen LogP contribution < -0.4 is 0 Å². The van der Waals surface area contributed by atoms with Crippen molar-refractivity contribution in [2.45, 2.75) is 5.75 Å². The molecule has 3 aromatic rings. The molecule has 1 aromatic heterocycles. The summed E-state index contributed by atoms with van der Waals surface area (Å²) in [5.41, 5.74) is 4.06. The number of aromatic nitrogens is 1. The zero-order valence-corrected chi connectivity index (χ0v) is 12.2. The maximum Gasteiger partial charge on any atom is 0.144 e. The Kier molecular flexibility index (Phi) is 3.88. The van der Waals surface area contributed by atoms with Gasteiger partial charge in [0.05, 0.1) is 11.4 Å². The normalized spacial score (nSPS) is 10.9. The Morgan fingerprint density at radius 3 is 2.19 bits per heavy atom. The van der Waals surface area contributed by atoms with Gasteiger partial charge >= 0.3 is 0 Å². The lowest BCUT2D eigenvalue weighted by molar-refractivity contribution is 0.614. The molecule has 0 aliphatic carbocycles. The average Bonchev–Trinajstić information content (AvgIpc) is 2.98. The van der Waals surface area contributed by atoms with Crippen LogP contribution in [0.2, 0.25) is 0 Å². The van der Waals surface area contributed by atoms with E-state index in [0.29, 0.717) is 0 Å². The highest BCUT2D eigenvalue weighted by Crippen LogP contribution is 2.24. The molecule has 0 N–H and O–H groups in total. The van der Waals surface area contributed by atoms with Crippen molar-refractivity contribution in [2.75, 3.05) is 0 Å². The molecule has 0 unspecified atom stereocenters. The van der Waals surface area contributed by atoms with E-state index < -0.39 is 10.7 Å². The zero-order valence-electron chi connectivity index (χ0n) is 11.3. The molecule has 0 spiro atoms. The summed E-state index contributed by atoms with van der Waals surface area (Å²) in [5, 5.41) is 0. The molecule has 0 radical (unpaired) electrons. The second-order valence-corrected chi connectivity index (χ2v) is 5.77. The lowest BCUT2D eigenvalue weighted by Crippen LogP contribution is -1.95. The fourth-order valence-corrected chi connectivity index (χ4v) is 2.87. The summed E-state index contributed by atoms with van der Waals surface area (Å²) in [5.74, 6) is 0.0926. The van der Waals surface area contributed by atoms with Crippen LogP contribution in [0, 0.1) is 0 Å². The van der Waals surface area contributed by atoms with Crippen molar-refractivity contribution in [1.29, 1.82) is 0 Å². The molecule has 0 bridgehead atoms. The topological polar surface area (TPSA) is 39.1 Å². The summed E-state index contributed by atoms with van der Waals surface area (Å²) in [4.78, 5) is 0. The van der Waals surface area contributed by atoms with Crippen LogP contribution in [0.1, 0.15) is 5.56 Å². The van der Waals surface area contributed by atoms with E-state index in [1.54, 1.807) is 0 Å². The van der Waals surface area contributed by atoms with Gasteiger partial charge in [-0.1, -0.05) is 42.5 Å². The van der Waals surface area contributed by atoms with Crippen molar-refractivity contribution in [3.8, 4) is 16.9 Å². The lowest BCUT2D eigenvalue weighted by atomic mass is 10.1. The zero-order chi connectivity index (χ0) is 14.7. The van der Waals surface area contributed by atoms with Gasteiger partial charge in [-0.25, -0.2) is 8.42 Å². The van der Waals surface area contributed by atoms with Crippen LogP contribution in [0.3, 0.4) is 0 Å². The minimum atomic E-state index is -2.38. The van der Waals surface area contributed by atoms with E-state index in [0.717, 1.165) is 22.5 Å². The van der Waals surface area contributed by atoms with Crippen molar-refractivity contribution in [3.05, 3.63) is 78.5 Å². The maximum absolute atomic E-state index is 10.8. The molecular weight excluding hydrogens is 282 g/mol. The fraction of sp³-hybridized carbons (Fsp3) is 0.0588. The van der Waals surface area contributed by atoms with E-state index in [4.69, 9.17) is 0 Å². The van der Waals surface area contributed by atoms with Gasteiger partial charge in [-0.05, 0) is 35.4 Å². The SMILES string of the molecule is O=[SH](=O)Cc1ccc(-c2cccn2-c2ccccc2)cc1. The molecule has 0 amide bonds. The van der Waals surface area contributed by atoms with E-state index >= 15 is 0 Å². The third-order valence-electron chi connectivity index (χ3n) is 3.34. The number of thiol groups is 1. The third kappa shape index (κ3) is 3.06. The van der Waals surface area contributed by atoms with Gasteiger partial charge in [-0.3, -0.25) is 0 Å². The molecule has 2 aromatic carbocycles. The second kappa shape index (κ2) is 5.97. The maximum atomic E-state index is 10.8. The van der Waals surface area contributed by atoms with Crippen LogP contribution in [0.5, 0.6) is 0 Å². The molecule has 0 fully saturated rings. The number of rotatable bonds is 4. The Bertz CT molecular complexity index is 794. The summed E-state index contributed by atoms with van der Waals surface area (Å²) >= 11 is 0. The van der Waals surface area contributed by atoms with Gasteiger partial charge in [-0.15, -0.1) is 0 Å². The highest BCUT2D eigenvalue weighted by Gasteiger charge is 2.05. The summed E-state index contributed by atoms with van der Waals surface area (Å²) in [6, 6.07) is 21.8. The van der Waals surface area contributed by atoms with E-state index in [9.17, 15) is 8.42 Å². The van der Waals surface area contributed by atoms with Crippen LogP contribution in [0.15, 0.2) is 72.9 Å². The van der Waals surface area contributed by atoms with Gasteiger partial charge in [0.1, 0.15) is 10.7 Å². The van der Waals surface area contributed by atoms with Crippen LogP contribution in [-0.4, -0.2) is 13.0 Å². The summed E-state index contributed by atoms with van der Waals surface area (Å²) in [6.07, 6.45) is 2.02. The van der Waals surface area contributed by atoms with Crippen molar-refractivity contribution in [1.82, 2.24) is 4.57 Å². The molecule has 3 nitrogen and oxygen atoms in total. The number of hydrogen-bond donors (Lipinski definition) is 1. The highest BCUT2D eigenvalue weighted by molar-refractivity contribution is 7.71. The predicted molar refractivity (Wildman–Crippen MR) is 85.2 cm³/mol. The van der Waals surface area contributed by atoms with Gasteiger partial charge < -0.3 is 4.57 Å². The number of benzene rings is 2. The van der Waals surface area contributed by atoms with Gasteiger partial charge in [-0.2, -0.15) is 0 Å². The van der Waals surface area contributed by atoms with Gasteiger partial charge in [0.25, 0.3) is 0 Å². The molecule has 0 saturated heterocycles. The fourth-order valence-electron chi connectivity index (χ4n) is 2.36. The summed E-state index contributed by atoms with van der Waals surface area (Å²) < 4.78 is 23.6. The quantitative estimate of drug-likeness (QED) is 0.751. The van der Waals surface area contributed by atoms with Crippen LogP contribution in [-0.2, 0) is 16.5 Å².